The molecule has 0 bridgehead atoms. The van der Waals surface area contributed by atoms with Crippen molar-refractivity contribution in [3.63, 3.8) is 0 Å². The lowest BCUT2D eigenvalue weighted by Crippen LogP contribution is -2.36. The van der Waals surface area contributed by atoms with Gasteiger partial charge in [0.15, 0.2) is 0 Å². The first kappa shape index (κ1) is 18.9. The van der Waals surface area contributed by atoms with Crippen molar-refractivity contribution in [1.29, 1.82) is 0 Å². The van der Waals surface area contributed by atoms with Crippen molar-refractivity contribution in [2.24, 2.45) is 0 Å². The van der Waals surface area contributed by atoms with Crippen LogP contribution >= 0.6 is 15.9 Å². The summed E-state index contributed by atoms with van der Waals surface area (Å²) in [6, 6.07) is 4.92. The zero-order valence-corrected chi connectivity index (χ0v) is 15.3. The van der Waals surface area contributed by atoms with E-state index in [0.29, 0.717) is 12.1 Å². The van der Waals surface area contributed by atoms with Crippen LogP contribution in [0.4, 0.5) is 13.6 Å². The van der Waals surface area contributed by atoms with E-state index >= 15 is 0 Å². The van der Waals surface area contributed by atoms with Gasteiger partial charge in [-0.1, -0.05) is 15.9 Å². The van der Waals surface area contributed by atoms with Gasteiger partial charge in [-0.05, 0) is 45.4 Å². The number of alkyl halides is 2. The second-order valence-corrected chi connectivity index (χ2v) is 7.52. The fourth-order valence-electron chi connectivity index (χ4n) is 2.18. The highest BCUT2D eigenvalue weighted by atomic mass is 79.9. The summed E-state index contributed by atoms with van der Waals surface area (Å²) in [6.45, 7) is 2.89. The van der Waals surface area contributed by atoms with Gasteiger partial charge in [-0.3, -0.25) is 0 Å². The Labute approximate surface area is 148 Å². The molecule has 2 unspecified atom stereocenters. The Balaban J connectivity index is 1.83. The van der Waals surface area contributed by atoms with Crippen molar-refractivity contribution < 1.29 is 23.0 Å². The summed E-state index contributed by atoms with van der Waals surface area (Å²) in [6.07, 6.45) is 0.305. The molecule has 2 atom stereocenters. The van der Waals surface area contributed by atoms with Gasteiger partial charge in [0, 0.05) is 28.7 Å². The summed E-state index contributed by atoms with van der Waals surface area (Å²) in [4.78, 5) is 11.7. The van der Waals surface area contributed by atoms with Crippen molar-refractivity contribution in [3.8, 4) is 5.75 Å². The number of hydrogen-bond acceptors (Lipinski definition) is 4. The summed E-state index contributed by atoms with van der Waals surface area (Å²) < 4.78 is 35.4. The first-order valence-corrected chi connectivity index (χ1v) is 8.39. The largest absolute Gasteiger partial charge is 0.444 e. The molecule has 0 aromatic heterocycles. The number of halogens is 3. The van der Waals surface area contributed by atoms with Gasteiger partial charge in [-0.2, -0.15) is 8.78 Å². The third-order valence-corrected chi connectivity index (χ3v) is 3.78. The molecule has 1 fully saturated rings. The molecule has 134 valence electrons. The summed E-state index contributed by atoms with van der Waals surface area (Å²) in [7, 11) is 0. The van der Waals surface area contributed by atoms with Crippen LogP contribution in [0, 0.1) is 0 Å². The molecule has 1 aromatic rings. The lowest BCUT2D eigenvalue weighted by atomic mass is 10.2. The van der Waals surface area contributed by atoms with Crippen LogP contribution < -0.4 is 15.4 Å². The fourth-order valence-corrected chi connectivity index (χ4v) is 2.59. The van der Waals surface area contributed by atoms with Crippen LogP contribution in [0.1, 0.15) is 32.8 Å². The molecule has 1 amide bonds. The van der Waals surface area contributed by atoms with Crippen LogP contribution in [-0.2, 0) is 11.3 Å². The number of benzene rings is 1. The van der Waals surface area contributed by atoms with E-state index in [2.05, 4.69) is 31.3 Å². The van der Waals surface area contributed by atoms with Crippen molar-refractivity contribution in [2.45, 2.75) is 58.0 Å². The van der Waals surface area contributed by atoms with Crippen molar-refractivity contribution in [3.05, 3.63) is 28.2 Å². The first-order valence-electron chi connectivity index (χ1n) is 7.60. The van der Waals surface area contributed by atoms with Crippen LogP contribution in [0.15, 0.2) is 22.7 Å². The topological polar surface area (TPSA) is 59.6 Å². The van der Waals surface area contributed by atoms with E-state index in [1.54, 1.807) is 32.9 Å². The lowest BCUT2D eigenvalue weighted by molar-refractivity contribution is -0.0505. The molecule has 1 aromatic carbocycles. The van der Waals surface area contributed by atoms with Crippen LogP contribution in [0.5, 0.6) is 5.75 Å². The van der Waals surface area contributed by atoms with Gasteiger partial charge in [0.2, 0.25) is 0 Å². The minimum atomic E-state index is -2.87. The Morgan fingerprint density at radius 2 is 2.08 bits per heavy atom. The Bertz CT molecular complexity index is 593. The molecule has 0 aliphatic heterocycles. The maximum absolute atomic E-state index is 12.4. The summed E-state index contributed by atoms with van der Waals surface area (Å²) in [5.41, 5.74) is 0.0762. The van der Waals surface area contributed by atoms with E-state index in [1.807, 2.05) is 0 Å². The third-order valence-electron chi connectivity index (χ3n) is 3.29. The lowest BCUT2D eigenvalue weighted by Gasteiger charge is -2.19. The first-order chi connectivity index (χ1) is 11.1. The number of carbonyl (C=O) groups is 1. The molecule has 8 heteroatoms. The molecule has 24 heavy (non-hydrogen) atoms. The molecular weight excluding hydrogens is 386 g/mol. The zero-order chi connectivity index (χ0) is 17.9. The van der Waals surface area contributed by atoms with Crippen LogP contribution in [0.2, 0.25) is 0 Å². The van der Waals surface area contributed by atoms with Crippen LogP contribution in [-0.4, -0.2) is 30.4 Å². The predicted octanol–water partition coefficient (Wildman–Crippen LogP) is 3.81. The predicted molar refractivity (Wildman–Crippen MR) is 89.2 cm³/mol. The standard InChI is InChI=1S/C16H21BrF2N2O3/c1-16(2,3)24-15(22)21-12-7-11(12)20-8-9-6-10(17)4-5-13(9)23-14(18)19/h4-6,11-12,14,20H,7-8H2,1-3H3,(H,21,22). The molecule has 1 saturated carbocycles. The number of alkyl carbamates (subject to hydrolysis) is 1. The van der Waals surface area contributed by atoms with E-state index in [1.165, 1.54) is 6.07 Å². The monoisotopic (exact) mass is 406 g/mol. The van der Waals surface area contributed by atoms with E-state index < -0.39 is 18.3 Å². The highest BCUT2D eigenvalue weighted by Crippen LogP contribution is 2.27. The van der Waals surface area contributed by atoms with Gasteiger partial charge in [-0.25, -0.2) is 4.79 Å². The van der Waals surface area contributed by atoms with Crippen molar-refractivity contribution in [1.82, 2.24) is 10.6 Å². The second-order valence-electron chi connectivity index (χ2n) is 6.61. The number of carbonyl (C=O) groups excluding carboxylic acids is 1. The van der Waals surface area contributed by atoms with E-state index in [9.17, 15) is 13.6 Å². The van der Waals surface area contributed by atoms with Crippen LogP contribution in [0.25, 0.3) is 0 Å². The molecular formula is C16H21BrF2N2O3. The number of ether oxygens (including phenoxy) is 2. The number of rotatable bonds is 6. The minimum Gasteiger partial charge on any atom is -0.444 e. The average molecular weight is 407 g/mol. The van der Waals surface area contributed by atoms with E-state index in [0.717, 1.165) is 10.9 Å². The Morgan fingerprint density at radius 1 is 1.38 bits per heavy atom. The molecule has 2 rings (SSSR count). The van der Waals surface area contributed by atoms with Gasteiger partial charge in [0.1, 0.15) is 11.4 Å². The maximum Gasteiger partial charge on any atom is 0.407 e. The second kappa shape index (κ2) is 7.65. The molecule has 0 saturated heterocycles. The molecule has 0 spiro atoms. The summed E-state index contributed by atoms with van der Waals surface area (Å²) in [5, 5.41) is 5.99. The number of amides is 1. The SMILES string of the molecule is CC(C)(C)OC(=O)NC1CC1NCc1cc(Br)ccc1OC(F)F. The fraction of sp³-hybridized carbons (Fsp3) is 0.562. The number of nitrogens with one attached hydrogen (secondary N) is 2. The summed E-state index contributed by atoms with van der Waals surface area (Å²) in [5.74, 6) is 0.137. The molecule has 5 nitrogen and oxygen atoms in total. The number of hydrogen-bond donors (Lipinski definition) is 2. The Hall–Kier alpha value is -1.41. The van der Waals surface area contributed by atoms with Crippen LogP contribution in [0.3, 0.4) is 0 Å². The smallest absolute Gasteiger partial charge is 0.407 e. The molecule has 1 aliphatic carbocycles. The van der Waals surface area contributed by atoms with Gasteiger partial charge < -0.3 is 20.1 Å². The van der Waals surface area contributed by atoms with E-state index in [-0.39, 0.29) is 17.8 Å². The van der Waals surface area contributed by atoms with E-state index in [4.69, 9.17) is 4.74 Å². The highest BCUT2D eigenvalue weighted by Gasteiger charge is 2.39. The normalized spacial score (nSPS) is 20.0. The molecule has 1 aliphatic rings. The highest BCUT2D eigenvalue weighted by molar-refractivity contribution is 9.10. The zero-order valence-electron chi connectivity index (χ0n) is 13.7. The van der Waals surface area contributed by atoms with Gasteiger partial charge in [0.05, 0.1) is 0 Å². The van der Waals surface area contributed by atoms with Gasteiger partial charge in [0.25, 0.3) is 0 Å². The van der Waals surface area contributed by atoms with Crippen molar-refractivity contribution >= 4 is 22.0 Å². The van der Waals surface area contributed by atoms with Crippen molar-refractivity contribution in [2.75, 3.05) is 0 Å². The minimum absolute atomic E-state index is 0.0218. The maximum atomic E-state index is 12.4. The Kier molecular flexibility index (Phi) is 6.03. The summed E-state index contributed by atoms with van der Waals surface area (Å²) >= 11 is 3.31. The third kappa shape index (κ3) is 6.24. The molecule has 0 heterocycles. The Morgan fingerprint density at radius 3 is 2.71 bits per heavy atom. The van der Waals surface area contributed by atoms with Gasteiger partial charge >= 0.3 is 12.7 Å². The molecule has 0 radical (unpaired) electrons. The molecule has 2 N–H and O–H groups in total. The average Bonchev–Trinajstić information content (AvgIpc) is 3.14. The van der Waals surface area contributed by atoms with Gasteiger partial charge in [-0.15, -0.1) is 0 Å². The quantitative estimate of drug-likeness (QED) is 0.753.